The second-order valence-electron chi connectivity index (χ2n) is 9.80. The summed E-state index contributed by atoms with van der Waals surface area (Å²) in [7, 11) is 0. The number of piperidine rings is 1. The van der Waals surface area contributed by atoms with Gasteiger partial charge in [0, 0.05) is 35.7 Å². The molecule has 3 aromatic rings. The molecule has 0 amide bonds. The van der Waals surface area contributed by atoms with Crippen molar-refractivity contribution in [1.29, 1.82) is 5.26 Å². The Morgan fingerprint density at radius 2 is 1.91 bits per heavy atom. The van der Waals surface area contributed by atoms with Crippen LogP contribution in [0.4, 0.5) is 5.82 Å². The molecule has 0 radical (unpaired) electrons. The van der Waals surface area contributed by atoms with Crippen molar-refractivity contribution in [1.82, 2.24) is 24.6 Å². The topological polar surface area (TPSA) is 73.9 Å². The van der Waals surface area contributed by atoms with Crippen LogP contribution >= 0.6 is 23.2 Å². The van der Waals surface area contributed by atoms with Crippen LogP contribution in [0.25, 0.3) is 11.2 Å². The van der Waals surface area contributed by atoms with E-state index in [0.29, 0.717) is 33.2 Å². The number of fused-ring (bicyclic) bond motifs is 1. The lowest BCUT2D eigenvalue weighted by atomic mass is 9.80. The number of aromatic nitrogens is 4. The molecule has 9 heteroatoms. The first-order chi connectivity index (χ1) is 16.4. The summed E-state index contributed by atoms with van der Waals surface area (Å²) >= 11 is 12.5. The summed E-state index contributed by atoms with van der Waals surface area (Å²) < 4.78 is 1.75. The Kier molecular flexibility index (Phi) is 6.41. The van der Waals surface area contributed by atoms with E-state index >= 15 is 0 Å². The zero-order valence-corrected chi connectivity index (χ0v) is 21.3. The minimum Gasteiger partial charge on any atom is -0.355 e. The molecule has 0 spiro atoms. The second kappa shape index (κ2) is 9.33. The summed E-state index contributed by atoms with van der Waals surface area (Å²) in [5, 5.41) is 15.3. The first-order valence-corrected chi connectivity index (χ1v) is 12.7. The monoisotopic (exact) mass is 497 g/mol. The average Bonchev–Trinajstić information content (AvgIpc) is 3.16. The standard InChI is InChI=1S/C25H29Cl2N7/c1-15(2)32-8-4-5-17(12-32)18-13-33(14-18)23-11-29-24-22(10-28)31-34(25(24)30-23)16(3)20-7-6-19(26)9-21(20)27/h6-7,9,11,15-18H,4-5,8,12-14H2,1-3H3/t16?,17-/m0/s1. The lowest BCUT2D eigenvalue weighted by molar-refractivity contribution is 0.0963. The van der Waals surface area contributed by atoms with Crippen molar-refractivity contribution < 1.29 is 0 Å². The van der Waals surface area contributed by atoms with E-state index in [9.17, 15) is 5.26 Å². The number of hydrogen-bond donors (Lipinski definition) is 0. The Morgan fingerprint density at radius 1 is 1.12 bits per heavy atom. The maximum Gasteiger partial charge on any atom is 0.190 e. The molecule has 0 saturated carbocycles. The van der Waals surface area contributed by atoms with Crippen LogP contribution in [0.5, 0.6) is 0 Å². The van der Waals surface area contributed by atoms with Gasteiger partial charge in [0.15, 0.2) is 11.3 Å². The van der Waals surface area contributed by atoms with Crippen LogP contribution in [0.15, 0.2) is 24.4 Å². The molecule has 178 valence electrons. The minimum atomic E-state index is -0.229. The second-order valence-corrected chi connectivity index (χ2v) is 10.6. The van der Waals surface area contributed by atoms with E-state index in [0.717, 1.165) is 30.4 Å². The molecule has 1 unspecified atom stereocenters. The van der Waals surface area contributed by atoms with Crippen molar-refractivity contribution in [3.63, 3.8) is 0 Å². The van der Waals surface area contributed by atoms with Gasteiger partial charge >= 0.3 is 0 Å². The number of nitriles is 1. The minimum absolute atomic E-state index is 0.229. The highest BCUT2D eigenvalue weighted by Crippen LogP contribution is 2.35. The van der Waals surface area contributed by atoms with E-state index in [1.807, 2.05) is 13.0 Å². The number of likely N-dealkylation sites (tertiary alicyclic amines) is 1. The maximum atomic E-state index is 9.62. The summed E-state index contributed by atoms with van der Waals surface area (Å²) in [5.41, 5.74) is 2.24. The van der Waals surface area contributed by atoms with Gasteiger partial charge < -0.3 is 9.80 Å². The van der Waals surface area contributed by atoms with Crippen LogP contribution in [0.1, 0.15) is 50.9 Å². The number of benzene rings is 1. The predicted molar refractivity (Wildman–Crippen MR) is 135 cm³/mol. The molecule has 2 aliphatic rings. The molecule has 0 N–H and O–H groups in total. The molecule has 2 aliphatic heterocycles. The van der Waals surface area contributed by atoms with E-state index in [4.69, 9.17) is 28.2 Å². The highest BCUT2D eigenvalue weighted by Gasteiger charge is 2.37. The normalized spacial score (nSPS) is 20.5. The SMILES string of the molecule is CC(C)N1CCC[C@H](C2CN(c3cnc4c(C#N)nn(C(C)c5ccc(Cl)cc5Cl)c4n3)C2)C1. The highest BCUT2D eigenvalue weighted by atomic mass is 35.5. The van der Waals surface area contributed by atoms with E-state index < -0.39 is 0 Å². The maximum absolute atomic E-state index is 9.62. The van der Waals surface area contributed by atoms with E-state index in [-0.39, 0.29) is 11.7 Å². The van der Waals surface area contributed by atoms with E-state index in [1.54, 1.807) is 23.0 Å². The fourth-order valence-corrected chi connectivity index (χ4v) is 5.83. The van der Waals surface area contributed by atoms with Crippen LogP contribution in [0, 0.1) is 23.2 Å². The molecular formula is C25H29Cl2N7. The molecule has 2 saturated heterocycles. The summed E-state index contributed by atoms with van der Waals surface area (Å²) in [5.74, 6) is 2.26. The molecule has 1 aromatic carbocycles. The summed E-state index contributed by atoms with van der Waals surface area (Å²) in [6.07, 6.45) is 4.36. The van der Waals surface area contributed by atoms with Crippen LogP contribution in [-0.2, 0) is 0 Å². The third-order valence-corrected chi connectivity index (χ3v) is 7.96. The Morgan fingerprint density at radius 3 is 2.62 bits per heavy atom. The third-order valence-electron chi connectivity index (χ3n) is 7.40. The fourth-order valence-electron chi connectivity index (χ4n) is 5.26. The van der Waals surface area contributed by atoms with Crippen molar-refractivity contribution in [2.45, 2.75) is 45.7 Å². The smallest absolute Gasteiger partial charge is 0.190 e. The Labute approximate surface area is 210 Å². The van der Waals surface area contributed by atoms with Gasteiger partial charge in [-0.2, -0.15) is 10.4 Å². The molecular weight excluding hydrogens is 469 g/mol. The Hall–Kier alpha value is -2.40. The van der Waals surface area contributed by atoms with Gasteiger partial charge in [0.25, 0.3) is 0 Å². The molecule has 7 nitrogen and oxygen atoms in total. The zero-order valence-electron chi connectivity index (χ0n) is 19.7. The largest absolute Gasteiger partial charge is 0.355 e. The first-order valence-electron chi connectivity index (χ1n) is 11.9. The van der Waals surface area contributed by atoms with Crippen LogP contribution in [-0.4, -0.2) is 56.9 Å². The third kappa shape index (κ3) is 4.24. The lowest BCUT2D eigenvalue weighted by Gasteiger charge is -2.47. The van der Waals surface area contributed by atoms with Crippen LogP contribution in [0.3, 0.4) is 0 Å². The van der Waals surface area contributed by atoms with Crippen molar-refractivity contribution >= 4 is 40.2 Å². The van der Waals surface area contributed by atoms with Crippen molar-refractivity contribution in [2.24, 2.45) is 11.8 Å². The van der Waals surface area contributed by atoms with Gasteiger partial charge in [0.2, 0.25) is 0 Å². The number of halogens is 2. The van der Waals surface area contributed by atoms with Gasteiger partial charge in [-0.05, 0) is 69.7 Å². The zero-order chi connectivity index (χ0) is 24.0. The van der Waals surface area contributed by atoms with Gasteiger partial charge in [0.05, 0.1) is 12.2 Å². The van der Waals surface area contributed by atoms with E-state index in [2.05, 4.69) is 39.8 Å². The highest BCUT2D eigenvalue weighted by molar-refractivity contribution is 6.35. The molecule has 5 rings (SSSR count). The number of anilines is 1. The van der Waals surface area contributed by atoms with Crippen LogP contribution < -0.4 is 4.90 Å². The molecule has 34 heavy (non-hydrogen) atoms. The molecule has 2 aromatic heterocycles. The lowest BCUT2D eigenvalue weighted by Crippen LogP contribution is -2.54. The summed E-state index contributed by atoms with van der Waals surface area (Å²) in [4.78, 5) is 14.4. The van der Waals surface area contributed by atoms with Crippen LogP contribution in [0.2, 0.25) is 10.0 Å². The molecule has 2 fully saturated rings. The van der Waals surface area contributed by atoms with Crippen molar-refractivity contribution in [2.75, 3.05) is 31.1 Å². The first kappa shape index (κ1) is 23.3. The molecule has 4 heterocycles. The van der Waals surface area contributed by atoms with Gasteiger partial charge in [-0.25, -0.2) is 14.6 Å². The molecule has 2 atom stereocenters. The van der Waals surface area contributed by atoms with Gasteiger partial charge in [-0.15, -0.1) is 0 Å². The summed E-state index contributed by atoms with van der Waals surface area (Å²) in [6, 6.07) is 7.94. The van der Waals surface area contributed by atoms with Gasteiger partial charge in [-0.3, -0.25) is 0 Å². The average molecular weight is 498 g/mol. The fraction of sp³-hybridized carbons (Fsp3) is 0.520. The summed E-state index contributed by atoms with van der Waals surface area (Å²) in [6.45, 7) is 11.0. The Balaban J connectivity index is 1.39. The van der Waals surface area contributed by atoms with Gasteiger partial charge in [-0.1, -0.05) is 29.3 Å². The van der Waals surface area contributed by atoms with E-state index in [1.165, 1.54) is 25.9 Å². The Bertz CT molecular complexity index is 1240. The number of rotatable bonds is 5. The van der Waals surface area contributed by atoms with Gasteiger partial charge in [0.1, 0.15) is 17.4 Å². The van der Waals surface area contributed by atoms with Crippen molar-refractivity contribution in [3.05, 3.63) is 45.7 Å². The number of hydrogen-bond acceptors (Lipinski definition) is 6. The quantitative estimate of drug-likeness (QED) is 0.483. The number of nitrogens with zero attached hydrogens (tertiary/aromatic N) is 7. The molecule has 0 aliphatic carbocycles. The van der Waals surface area contributed by atoms with Crippen molar-refractivity contribution in [3.8, 4) is 6.07 Å². The predicted octanol–water partition coefficient (Wildman–Crippen LogP) is 5.17. The molecule has 0 bridgehead atoms.